The van der Waals surface area contributed by atoms with Crippen molar-refractivity contribution in [3.63, 3.8) is 0 Å². The van der Waals surface area contributed by atoms with Gasteiger partial charge in [0.15, 0.2) is 5.82 Å². The lowest BCUT2D eigenvalue weighted by atomic mass is 10.2. The Bertz CT molecular complexity index is 948. The largest absolute Gasteiger partial charge is 0.392 e. The van der Waals surface area contributed by atoms with Crippen LogP contribution in [0.5, 0.6) is 0 Å². The summed E-state index contributed by atoms with van der Waals surface area (Å²) < 4.78 is 0. The van der Waals surface area contributed by atoms with Crippen LogP contribution in [0.4, 0.5) is 11.5 Å². The number of nitrogens with zero attached hydrogens (tertiary/aromatic N) is 4. The molecule has 1 aliphatic heterocycles. The lowest BCUT2D eigenvalue weighted by Crippen LogP contribution is -2.21. The molecule has 1 saturated heterocycles. The number of aliphatic hydroxyl groups is 1. The maximum Gasteiger partial charge on any atom is 0.160 e. The lowest BCUT2D eigenvalue weighted by Gasteiger charge is -2.15. The Labute approximate surface area is 156 Å². The van der Waals surface area contributed by atoms with Crippen LogP contribution >= 0.6 is 11.6 Å². The van der Waals surface area contributed by atoms with Crippen LogP contribution in [0.15, 0.2) is 36.8 Å². The van der Waals surface area contributed by atoms with Crippen molar-refractivity contribution in [2.75, 3.05) is 18.4 Å². The molecule has 134 valence electrons. The van der Waals surface area contributed by atoms with Gasteiger partial charge in [-0.15, -0.1) is 0 Å². The van der Waals surface area contributed by atoms with E-state index in [4.69, 9.17) is 11.6 Å². The van der Waals surface area contributed by atoms with Crippen LogP contribution in [0, 0.1) is 6.92 Å². The van der Waals surface area contributed by atoms with Gasteiger partial charge in [-0.3, -0.25) is 9.88 Å². The van der Waals surface area contributed by atoms with Crippen molar-refractivity contribution < 1.29 is 5.11 Å². The van der Waals surface area contributed by atoms with Crippen molar-refractivity contribution in [2.24, 2.45) is 0 Å². The summed E-state index contributed by atoms with van der Waals surface area (Å²) in [6.45, 7) is 4.34. The maximum absolute atomic E-state index is 9.67. The highest BCUT2D eigenvalue weighted by Crippen LogP contribution is 2.28. The minimum atomic E-state index is -0.220. The van der Waals surface area contributed by atoms with Gasteiger partial charge in [0, 0.05) is 36.5 Å². The number of hydrogen-bond donors (Lipinski definition) is 2. The summed E-state index contributed by atoms with van der Waals surface area (Å²) in [6, 6.07) is 7.75. The summed E-state index contributed by atoms with van der Waals surface area (Å²) in [7, 11) is 0. The summed E-state index contributed by atoms with van der Waals surface area (Å²) in [6.07, 6.45) is 4.00. The van der Waals surface area contributed by atoms with Crippen LogP contribution in [0.25, 0.3) is 11.0 Å². The van der Waals surface area contributed by atoms with E-state index < -0.39 is 0 Å². The van der Waals surface area contributed by atoms with Gasteiger partial charge in [-0.1, -0.05) is 17.7 Å². The SMILES string of the molecule is Cc1c(Cl)cccc1Nc1ncnc2cc(CN3CC[C@@H](O)C3)cnc12. The van der Waals surface area contributed by atoms with Gasteiger partial charge in [0.05, 0.1) is 11.6 Å². The molecule has 1 aliphatic rings. The van der Waals surface area contributed by atoms with Crippen LogP contribution in [-0.2, 0) is 6.54 Å². The number of aliphatic hydroxyl groups excluding tert-OH is 1. The molecule has 6 nitrogen and oxygen atoms in total. The Morgan fingerprint density at radius 3 is 3.00 bits per heavy atom. The predicted octanol–water partition coefficient (Wildman–Crippen LogP) is 3.30. The molecule has 26 heavy (non-hydrogen) atoms. The number of rotatable bonds is 4. The number of halogens is 1. The second-order valence-electron chi connectivity index (χ2n) is 6.65. The predicted molar refractivity (Wildman–Crippen MR) is 103 cm³/mol. The van der Waals surface area contributed by atoms with Crippen LogP contribution in [0.1, 0.15) is 17.5 Å². The zero-order valence-corrected chi connectivity index (χ0v) is 15.2. The highest BCUT2D eigenvalue weighted by Gasteiger charge is 2.20. The number of pyridine rings is 1. The summed E-state index contributed by atoms with van der Waals surface area (Å²) in [5, 5.41) is 13.7. The molecule has 2 aromatic heterocycles. The third kappa shape index (κ3) is 3.49. The molecule has 0 bridgehead atoms. The van der Waals surface area contributed by atoms with Gasteiger partial charge >= 0.3 is 0 Å². The van der Waals surface area contributed by atoms with E-state index in [-0.39, 0.29) is 6.10 Å². The van der Waals surface area contributed by atoms with Crippen molar-refractivity contribution in [3.8, 4) is 0 Å². The number of β-amino-alcohol motifs (C(OH)–C–C–N with tert-alkyl or cyclic N) is 1. The molecule has 3 aromatic rings. The number of aromatic nitrogens is 3. The van der Waals surface area contributed by atoms with E-state index in [0.29, 0.717) is 17.4 Å². The molecule has 0 spiro atoms. The monoisotopic (exact) mass is 369 g/mol. The number of hydrogen-bond acceptors (Lipinski definition) is 6. The topological polar surface area (TPSA) is 74.2 Å². The van der Waals surface area contributed by atoms with E-state index in [1.54, 1.807) is 0 Å². The first kappa shape index (κ1) is 17.1. The molecule has 0 amide bonds. The Morgan fingerprint density at radius 1 is 1.31 bits per heavy atom. The second kappa shape index (κ2) is 7.15. The fraction of sp³-hybridized carbons (Fsp3) is 0.316. The molecule has 0 radical (unpaired) electrons. The van der Waals surface area contributed by atoms with E-state index in [0.717, 1.165) is 47.4 Å². The van der Waals surface area contributed by atoms with E-state index >= 15 is 0 Å². The summed E-state index contributed by atoms with van der Waals surface area (Å²) in [5.74, 6) is 0.656. The maximum atomic E-state index is 9.67. The van der Waals surface area contributed by atoms with Crippen molar-refractivity contribution in [2.45, 2.75) is 26.0 Å². The summed E-state index contributed by atoms with van der Waals surface area (Å²) in [5.41, 5.74) is 4.45. The first-order chi connectivity index (χ1) is 12.6. The van der Waals surface area contributed by atoms with Crippen molar-refractivity contribution in [3.05, 3.63) is 52.9 Å². The van der Waals surface area contributed by atoms with E-state index in [2.05, 4.69) is 25.2 Å². The minimum Gasteiger partial charge on any atom is -0.392 e. The molecule has 3 heterocycles. The third-order valence-electron chi connectivity index (χ3n) is 4.71. The first-order valence-electron chi connectivity index (χ1n) is 8.62. The molecular weight excluding hydrogens is 350 g/mol. The van der Waals surface area contributed by atoms with Gasteiger partial charge in [-0.2, -0.15) is 0 Å². The van der Waals surface area contributed by atoms with Gasteiger partial charge in [-0.25, -0.2) is 9.97 Å². The number of anilines is 2. The van der Waals surface area contributed by atoms with Crippen molar-refractivity contribution >= 4 is 34.1 Å². The molecule has 1 fully saturated rings. The lowest BCUT2D eigenvalue weighted by molar-refractivity contribution is 0.175. The quantitative estimate of drug-likeness (QED) is 0.735. The highest BCUT2D eigenvalue weighted by molar-refractivity contribution is 6.31. The average molecular weight is 370 g/mol. The molecule has 4 rings (SSSR count). The molecular formula is C19H20ClN5O. The van der Waals surface area contributed by atoms with E-state index in [9.17, 15) is 5.11 Å². The molecule has 0 saturated carbocycles. The zero-order chi connectivity index (χ0) is 18.1. The fourth-order valence-electron chi connectivity index (χ4n) is 3.25. The van der Waals surface area contributed by atoms with Gasteiger partial charge < -0.3 is 10.4 Å². The Balaban J connectivity index is 1.61. The van der Waals surface area contributed by atoms with Crippen molar-refractivity contribution in [1.82, 2.24) is 19.9 Å². The normalized spacial score (nSPS) is 17.7. The van der Waals surface area contributed by atoms with Crippen LogP contribution in [0.2, 0.25) is 5.02 Å². The van der Waals surface area contributed by atoms with E-state index in [1.807, 2.05) is 37.4 Å². The number of benzene rings is 1. The fourth-order valence-corrected chi connectivity index (χ4v) is 3.42. The standard InChI is InChI=1S/C19H20ClN5O/c1-12-15(20)3-2-4-16(12)24-19-18-17(22-11-23-19)7-13(8-21-18)9-25-6-5-14(26)10-25/h2-4,7-8,11,14,26H,5-6,9-10H2,1H3,(H,22,23,24)/t14-/m1/s1. The molecule has 0 unspecified atom stereocenters. The van der Waals surface area contributed by atoms with Gasteiger partial charge in [-0.05, 0) is 42.7 Å². The molecule has 7 heteroatoms. The van der Waals surface area contributed by atoms with Crippen LogP contribution < -0.4 is 5.32 Å². The number of likely N-dealkylation sites (tertiary alicyclic amines) is 1. The van der Waals surface area contributed by atoms with Crippen molar-refractivity contribution in [1.29, 1.82) is 0 Å². The van der Waals surface area contributed by atoms with Gasteiger partial charge in [0.1, 0.15) is 11.8 Å². The number of fused-ring (bicyclic) bond motifs is 1. The van der Waals surface area contributed by atoms with E-state index in [1.165, 1.54) is 6.33 Å². The van der Waals surface area contributed by atoms with Crippen LogP contribution in [0.3, 0.4) is 0 Å². The summed E-state index contributed by atoms with van der Waals surface area (Å²) in [4.78, 5) is 15.5. The van der Waals surface area contributed by atoms with Gasteiger partial charge in [0.2, 0.25) is 0 Å². The highest BCUT2D eigenvalue weighted by atomic mass is 35.5. The average Bonchev–Trinajstić information content (AvgIpc) is 3.04. The Morgan fingerprint density at radius 2 is 2.19 bits per heavy atom. The molecule has 1 aromatic carbocycles. The Hall–Kier alpha value is -2.28. The number of nitrogens with one attached hydrogen (secondary N) is 1. The van der Waals surface area contributed by atoms with Gasteiger partial charge in [0.25, 0.3) is 0 Å². The molecule has 0 aliphatic carbocycles. The van der Waals surface area contributed by atoms with Crippen LogP contribution in [-0.4, -0.2) is 44.2 Å². The second-order valence-corrected chi connectivity index (χ2v) is 7.06. The minimum absolute atomic E-state index is 0.220. The Kier molecular flexibility index (Phi) is 4.72. The third-order valence-corrected chi connectivity index (χ3v) is 5.12. The first-order valence-corrected chi connectivity index (χ1v) is 9.00. The molecule has 1 atom stereocenters. The summed E-state index contributed by atoms with van der Waals surface area (Å²) >= 11 is 6.20. The smallest absolute Gasteiger partial charge is 0.160 e. The molecule has 2 N–H and O–H groups in total. The zero-order valence-electron chi connectivity index (χ0n) is 14.5.